The Hall–Kier alpha value is -0.160. The van der Waals surface area contributed by atoms with Crippen molar-refractivity contribution in [1.82, 2.24) is 10.2 Å². The standard InChI is InChI=1S/C16H32N2O2/c1-14(2)18(8-4-9-19)12-16(7-3-10-20-13-16)11-17-15-5-6-15/h14-15,17,19H,3-13H2,1-2H3. The lowest BCUT2D eigenvalue weighted by atomic mass is 9.81. The molecule has 0 amide bonds. The Bertz CT molecular complexity index is 274. The average Bonchev–Trinajstić information content (AvgIpc) is 3.26. The van der Waals surface area contributed by atoms with Crippen LogP contribution < -0.4 is 5.32 Å². The third-order valence-corrected chi connectivity index (χ3v) is 4.62. The number of rotatable bonds is 9. The highest BCUT2D eigenvalue weighted by Crippen LogP contribution is 2.31. The first-order chi connectivity index (χ1) is 9.65. The first kappa shape index (κ1) is 16.2. The van der Waals surface area contributed by atoms with Crippen molar-refractivity contribution in [1.29, 1.82) is 0 Å². The van der Waals surface area contributed by atoms with E-state index in [2.05, 4.69) is 24.1 Å². The van der Waals surface area contributed by atoms with E-state index >= 15 is 0 Å². The lowest BCUT2D eigenvalue weighted by Gasteiger charge is -2.42. The van der Waals surface area contributed by atoms with Gasteiger partial charge in [0.05, 0.1) is 6.61 Å². The third-order valence-electron chi connectivity index (χ3n) is 4.62. The fourth-order valence-corrected chi connectivity index (χ4v) is 3.10. The molecule has 1 atom stereocenters. The normalized spacial score (nSPS) is 27.4. The summed E-state index contributed by atoms with van der Waals surface area (Å²) in [4.78, 5) is 2.51. The molecular formula is C16H32N2O2. The Morgan fingerprint density at radius 3 is 2.75 bits per heavy atom. The Morgan fingerprint density at radius 2 is 2.20 bits per heavy atom. The van der Waals surface area contributed by atoms with Crippen molar-refractivity contribution in [3.63, 3.8) is 0 Å². The molecule has 0 aromatic rings. The van der Waals surface area contributed by atoms with Crippen molar-refractivity contribution in [2.24, 2.45) is 5.41 Å². The lowest BCUT2D eigenvalue weighted by molar-refractivity contribution is -0.0317. The van der Waals surface area contributed by atoms with E-state index < -0.39 is 0 Å². The summed E-state index contributed by atoms with van der Waals surface area (Å²) < 4.78 is 5.81. The summed E-state index contributed by atoms with van der Waals surface area (Å²) in [7, 11) is 0. The average molecular weight is 284 g/mol. The number of ether oxygens (including phenoxy) is 1. The molecule has 1 saturated carbocycles. The Balaban J connectivity index is 1.92. The molecule has 1 aliphatic heterocycles. The summed E-state index contributed by atoms with van der Waals surface area (Å²) in [6, 6.07) is 1.29. The number of nitrogens with one attached hydrogen (secondary N) is 1. The van der Waals surface area contributed by atoms with Gasteiger partial charge in [-0.05, 0) is 46.0 Å². The molecule has 0 bridgehead atoms. The molecule has 4 heteroatoms. The Kier molecular flexibility index (Phi) is 6.27. The highest BCUT2D eigenvalue weighted by Gasteiger charge is 2.36. The predicted octanol–water partition coefficient (Wildman–Crippen LogP) is 1.63. The minimum atomic E-state index is 0.264. The number of aliphatic hydroxyl groups is 1. The van der Waals surface area contributed by atoms with Crippen LogP contribution in [0.2, 0.25) is 0 Å². The molecule has 2 N–H and O–H groups in total. The van der Waals surface area contributed by atoms with Crippen molar-refractivity contribution in [2.45, 2.75) is 58.0 Å². The van der Waals surface area contributed by atoms with E-state index in [0.29, 0.717) is 6.04 Å². The van der Waals surface area contributed by atoms with Crippen LogP contribution in [0.4, 0.5) is 0 Å². The van der Waals surface area contributed by atoms with E-state index in [1.165, 1.54) is 25.7 Å². The molecule has 2 rings (SSSR count). The number of hydrogen-bond donors (Lipinski definition) is 2. The maximum Gasteiger partial charge on any atom is 0.0546 e. The predicted molar refractivity (Wildman–Crippen MR) is 81.9 cm³/mol. The molecule has 1 aliphatic carbocycles. The summed E-state index contributed by atoms with van der Waals surface area (Å²) in [6.45, 7) is 9.75. The molecule has 0 aromatic carbocycles. The van der Waals surface area contributed by atoms with Gasteiger partial charge in [-0.25, -0.2) is 0 Å². The van der Waals surface area contributed by atoms with Gasteiger partial charge in [0, 0.05) is 50.3 Å². The van der Waals surface area contributed by atoms with Crippen molar-refractivity contribution in [3.05, 3.63) is 0 Å². The Morgan fingerprint density at radius 1 is 1.40 bits per heavy atom. The van der Waals surface area contributed by atoms with Crippen LogP contribution in [-0.4, -0.2) is 61.5 Å². The van der Waals surface area contributed by atoms with Gasteiger partial charge < -0.3 is 20.1 Å². The van der Waals surface area contributed by atoms with Crippen molar-refractivity contribution in [2.75, 3.05) is 39.5 Å². The van der Waals surface area contributed by atoms with Crippen LogP contribution in [0.5, 0.6) is 0 Å². The van der Waals surface area contributed by atoms with Crippen LogP contribution in [-0.2, 0) is 4.74 Å². The van der Waals surface area contributed by atoms with Crippen LogP contribution in [0.25, 0.3) is 0 Å². The van der Waals surface area contributed by atoms with Crippen LogP contribution in [0, 0.1) is 5.41 Å². The molecule has 1 unspecified atom stereocenters. The maximum atomic E-state index is 9.09. The fraction of sp³-hybridized carbons (Fsp3) is 1.00. The summed E-state index contributed by atoms with van der Waals surface area (Å²) in [5.74, 6) is 0. The van der Waals surface area contributed by atoms with E-state index in [1.807, 2.05) is 0 Å². The van der Waals surface area contributed by atoms with Crippen LogP contribution in [0.3, 0.4) is 0 Å². The molecule has 2 fully saturated rings. The highest BCUT2D eigenvalue weighted by atomic mass is 16.5. The molecule has 118 valence electrons. The zero-order chi connectivity index (χ0) is 14.4. The van der Waals surface area contributed by atoms with Gasteiger partial charge in [-0.1, -0.05) is 0 Å². The quantitative estimate of drug-likeness (QED) is 0.675. The van der Waals surface area contributed by atoms with E-state index in [1.54, 1.807) is 0 Å². The maximum absolute atomic E-state index is 9.09. The molecule has 1 heterocycles. The van der Waals surface area contributed by atoms with E-state index in [4.69, 9.17) is 9.84 Å². The molecule has 0 spiro atoms. The smallest absolute Gasteiger partial charge is 0.0546 e. The third kappa shape index (κ3) is 4.99. The summed E-state index contributed by atoms with van der Waals surface area (Å²) >= 11 is 0. The van der Waals surface area contributed by atoms with E-state index in [0.717, 1.165) is 45.3 Å². The largest absolute Gasteiger partial charge is 0.396 e. The molecule has 1 saturated heterocycles. The molecule has 20 heavy (non-hydrogen) atoms. The van der Waals surface area contributed by atoms with E-state index in [9.17, 15) is 0 Å². The first-order valence-electron chi connectivity index (χ1n) is 8.31. The fourth-order valence-electron chi connectivity index (χ4n) is 3.10. The second-order valence-corrected chi connectivity index (χ2v) is 6.95. The first-order valence-corrected chi connectivity index (χ1v) is 8.31. The number of aliphatic hydroxyl groups excluding tert-OH is 1. The second kappa shape index (κ2) is 7.74. The van der Waals surface area contributed by atoms with Gasteiger partial charge in [-0.3, -0.25) is 0 Å². The topological polar surface area (TPSA) is 44.7 Å². The molecule has 2 aliphatic rings. The minimum Gasteiger partial charge on any atom is -0.396 e. The summed E-state index contributed by atoms with van der Waals surface area (Å²) in [5, 5.41) is 12.8. The van der Waals surface area contributed by atoms with Gasteiger partial charge in [0.2, 0.25) is 0 Å². The van der Waals surface area contributed by atoms with Gasteiger partial charge in [0.15, 0.2) is 0 Å². The van der Waals surface area contributed by atoms with Crippen LogP contribution in [0.1, 0.15) is 46.0 Å². The molecule has 0 radical (unpaired) electrons. The summed E-state index contributed by atoms with van der Waals surface area (Å²) in [5.41, 5.74) is 0.264. The van der Waals surface area contributed by atoms with Gasteiger partial charge in [0.1, 0.15) is 0 Å². The van der Waals surface area contributed by atoms with Gasteiger partial charge in [-0.15, -0.1) is 0 Å². The van der Waals surface area contributed by atoms with Gasteiger partial charge >= 0.3 is 0 Å². The lowest BCUT2D eigenvalue weighted by Crippen LogP contribution is -2.51. The highest BCUT2D eigenvalue weighted by molar-refractivity contribution is 4.91. The molecule has 4 nitrogen and oxygen atoms in total. The molecular weight excluding hydrogens is 252 g/mol. The van der Waals surface area contributed by atoms with Crippen molar-refractivity contribution >= 4 is 0 Å². The van der Waals surface area contributed by atoms with E-state index in [-0.39, 0.29) is 12.0 Å². The number of nitrogens with zero attached hydrogens (tertiary/aromatic N) is 1. The second-order valence-electron chi connectivity index (χ2n) is 6.95. The SMILES string of the molecule is CC(C)N(CCCO)CC1(CNC2CC2)CCCOC1. The zero-order valence-electron chi connectivity index (χ0n) is 13.2. The van der Waals surface area contributed by atoms with Crippen molar-refractivity contribution < 1.29 is 9.84 Å². The van der Waals surface area contributed by atoms with Gasteiger partial charge in [-0.2, -0.15) is 0 Å². The molecule has 0 aromatic heterocycles. The van der Waals surface area contributed by atoms with Crippen LogP contribution in [0.15, 0.2) is 0 Å². The van der Waals surface area contributed by atoms with Crippen LogP contribution >= 0.6 is 0 Å². The van der Waals surface area contributed by atoms with Gasteiger partial charge in [0.25, 0.3) is 0 Å². The number of hydrogen-bond acceptors (Lipinski definition) is 4. The minimum absolute atomic E-state index is 0.264. The van der Waals surface area contributed by atoms with Crippen molar-refractivity contribution in [3.8, 4) is 0 Å². The monoisotopic (exact) mass is 284 g/mol. The summed E-state index contributed by atoms with van der Waals surface area (Å²) in [6.07, 6.45) is 5.99. The zero-order valence-corrected chi connectivity index (χ0v) is 13.2. The Labute approximate surface area is 123 Å².